The minimum atomic E-state index is -0.266. The lowest BCUT2D eigenvalue weighted by atomic mass is 10.0. The molecule has 0 aliphatic rings. The summed E-state index contributed by atoms with van der Waals surface area (Å²) in [6.45, 7) is 1.97. The molecule has 3 rings (SSSR count). The summed E-state index contributed by atoms with van der Waals surface area (Å²) < 4.78 is 5.31. The third-order valence-electron chi connectivity index (χ3n) is 4.08. The molecule has 0 aliphatic heterocycles. The van der Waals surface area contributed by atoms with Crippen molar-refractivity contribution in [1.82, 2.24) is 5.32 Å². The first-order valence-electron chi connectivity index (χ1n) is 8.50. The number of halogens is 1. The van der Waals surface area contributed by atoms with E-state index >= 15 is 0 Å². The van der Waals surface area contributed by atoms with Gasteiger partial charge in [0.1, 0.15) is 5.76 Å². The van der Waals surface area contributed by atoms with Crippen LogP contribution in [0.1, 0.15) is 34.6 Å². The molecule has 0 saturated carbocycles. The molecule has 5 nitrogen and oxygen atoms in total. The number of ketones is 1. The zero-order valence-corrected chi connectivity index (χ0v) is 15.5. The highest BCUT2D eigenvalue weighted by Gasteiger charge is 2.16. The molecule has 2 N–H and O–H groups in total. The van der Waals surface area contributed by atoms with Crippen molar-refractivity contribution in [3.63, 3.8) is 0 Å². The molecule has 1 atom stereocenters. The molecule has 27 heavy (non-hydrogen) atoms. The fraction of sp³-hybridized carbons (Fsp3) is 0.143. The van der Waals surface area contributed by atoms with E-state index in [4.69, 9.17) is 16.0 Å². The van der Waals surface area contributed by atoms with Crippen molar-refractivity contribution in [1.29, 1.82) is 0 Å². The van der Waals surface area contributed by atoms with Gasteiger partial charge in [0.15, 0.2) is 5.78 Å². The number of rotatable bonds is 7. The van der Waals surface area contributed by atoms with Crippen LogP contribution in [0.2, 0.25) is 5.02 Å². The Hall–Kier alpha value is -2.89. The van der Waals surface area contributed by atoms with Gasteiger partial charge in [-0.2, -0.15) is 0 Å². The molecular weight excluding hydrogens is 364 g/mol. The average molecular weight is 383 g/mol. The summed E-state index contributed by atoms with van der Waals surface area (Å²) >= 11 is 6.06. The van der Waals surface area contributed by atoms with Crippen LogP contribution < -0.4 is 10.6 Å². The predicted molar refractivity (Wildman–Crippen MR) is 105 cm³/mol. The summed E-state index contributed by atoms with van der Waals surface area (Å²) in [7, 11) is 0. The molecule has 0 unspecified atom stereocenters. The Kier molecular flexibility index (Phi) is 6.06. The largest absolute Gasteiger partial charge is 0.468 e. The second kappa shape index (κ2) is 8.66. The molecule has 1 heterocycles. The maximum atomic E-state index is 12.8. The summed E-state index contributed by atoms with van der Waals surface area (Å²) in [6, 6.07) is 17.2. The Morgan fingerprint density at radius 2 is 1.85 bits per heavy atom. The van der Waals surface area contributed by atoms with Crippen LogP contribution in [0.25, 0.3) is 0 Å². The first kappa shape index (κ1) is 18.9. The van der Waals surface area contributed by atoms with E-state index in [2.05, 4.69) is 10.6 Å². The van der Waals surface area contributed by atoms with Gasteiger partial charge in [-0.05, 0) is 37.3 Å². The molecule has 0 radical (unpaired) electrons. The highest BCUT2D eigenvalue weighted by Crippen LogP contribution is 2.24. The van der Waals surface area contributed by atoms with Gasteiger partial charge in [0, 0.05) is 16.1 Å². The highest BCUT2D eigenvalue weighted by molar-refractivity contribution is 6.31. The average Bonchev–Trinajstić information content (AvgIpc) is 3.22. The predicted octanol–water partition coefficient (Wildman–Crippen LogP) is 4.45. The minimum absolute atomic E-state index is 0.0729. The first-order chi connectivity index (χ1) is 13.0. The van der Waals surface area contributed by atoms with Gasteiger partial charge in [0.25, 0.3) is 0 Å². The maximum Gasteiger partial charge on any atom is 0.238 e. The van der Waals surface area contributed by atoms with Crippen molar-refractivity contribution < 1.29 is 14.0 Å². The van der Waals surface area contributed by atoms with E-state index in [0.717, 1.165) is 5.76 Å². The van der Waals surface area contributed by atoms with E-state index in [1.165, 1.54) is 0 Å². The fourth-order valence-electron chi connectivity index (χ4n) is 2.64. The van der Waals surface area contributed by atoms with Crippen molar-refractivity contribution in [3.8, 4) is 0 Å². The van der Waals surface area contributed by atoms with Crippen LogP contribution in [0.4, 0.5) is 5.69 Å². The molecule has 1 aromatic heterocycles. The van der Waals surface area contributed by atoms with E-state index < -0.39 is 0 Å². The van der Waals surface area contributed by atoms with E-state index in [9.17, 15) is 9.59 Å². The van der Waals surface area contributed by atoms with Crippen molar-refractivity contribution >= 4 is 29.0 Å². The van der Waals surface area contributed by atoms with Gasteiger partial charge < -0.3 is 9.73 Å². The van der Waals surface area contributed by atoms with Gasteiger partial charge >= 0.3 is 0 Å². The summed E-state index contributed by atoms with van der Waals surface area (Å²) in [5.74, 6) is 0.275. The number of hydrogen-bond donors (Lipinski definition) is 2. The molecular formula is C21H19ClN2O3. The number of furan rings is 1. The molecule has 0 spiro atoms. The second-order valence-corrected chi connectivity index (χ2v) is 6.49. The third-order valence-corrected chi connectivity index (χ3v) is 4.31. The lowest BCUT2D eigenvalue weighted by Gasteiger charge is -2.14. The standard InChI is InChI=1S/C21H19ClN2O3/c1-14(19-8-5-11-27-19)23-13-20(25)24-18-10-9-16(22)12-17(18)21(26)15-6-3-2-4-7-15/h2-12,14,23H,13H2,1H3,(H,24,25)/t14-/m1/s1. The Morgan fingerprint density at radius 3 is 2.56 bits per heavy atom. The number of anilines is 1. The van der Waals surface area contributed by atoms with Gasteiger partial charge in [-0.15, -0.1) is 0 Å². The zero-order chi connectivity index (χ0) is 19.2. The number of amides is 1. The van der Waals surface area contributed by atoms with Crippen molar-refractivity contribution in [3.05, 3.63) is 88.8 Å². The van der Waals surface area contributed by atoms with Crippen LogP contribution in [-0.2, 0) is 4.79 Å². The van der Waals surface area contributed by atoms with Gasteiger partial charge in [-0.1, -0.05) is 41.9 Å². The molecule has 0 fully saturated rings. The van der Waals surface area contributed by atoms with Crippen LogP contribution in [0, 0.1) is 0 Å². The Bertz CT molecular complexity index is 924. The van der Waals surface area contributed by atoms with Crippen LogP contribution in [-0.4, -0.2) is 18.2 Å². The van der Waals surface area contributed by atoms with Gasteiger partial charge in [0.2, 0.25) is 5.91 Å². The molecule has 6 heteroatoms. The fourth-order valence-corrected chi connectivity index (χ4v) is 2.81. The molecule has 0 saturated heterocycles. The Balaban J connectivity index is 1.71. The number of carbonyl (C=O) groups is 2. The number of carbonyl (C=O) groups excluding carboxylic acids is 2. The van der Waals surface area contributed by atoms with E-state index in [1.807, 2.05) is 19.1 Å². The molecule has 3 aromatic rings. The highest BCUT2D eigenvalue weighted by atomic mass is 35.5. The smallest absolute Gasteiger partial charge is 0.238 e. The van der Waals surface area contributed by atoms with Crippen LogP contribution in [0.5, 0.6) is 0 Å². The molecule has 0 bridgehead atoms. The van der Waals surface area contributed by atoms with Crippen LogP contribution >= 0.6 is 11.6 Å². The van der Waals surface area contributed by atoms with E-state index in [-0.39, 0.29) is 24.3 Å². The van der Waals surface area contributed by atoms with Gasteiger partial charge in [-0.25, -0.2) is 0 Å². The maximum absolute atomic E-state index is 12.8. The van der Waals surface area contributed by atoms with E-state index in [1.54, 1.807) is 54.8 Å². The Morgan fingerprint density at radius 1 is 1.07 bits per heavy atom. The lowest BCUT2D eigenvalue weighted by molar-refractivity contribution is -0.115. The second-order valence-electron chi connectivity index (χ2n) is 6.05. The number of hydrogen-bond acceptors (Lipinski definition) is 4. The normalized spacial score (nSPS) is 11.8. The minimum Gasteiger partial charge on any atom is -0.468 e. The Labute approximate surface area is 162 Å². The molecule has 1 amide bonds. The summed E-state index contributed by atoms with van der Waals surface area (Å²) in [5, 5.41) is 6.29. The molecule has 138 valence electrons. The van der Waals surface area contributed by atoms with Crippen LogP contribution in [0.3, 0.4) is 0 Å². The SMILES string of the molecule is C[C@@H](NCC(=O)Nc1ccc(Cl)cc1C(=O)c1ccccc1)c1ccco1. The van der Waals surface area contributed by atoms with Gasteiger partial charge in [0.05, 0.1) is 24.5 Å². The van der Waals surface area contributed by atoms with Crippen LogP contribution in [0.15, 0.2) is 71.3 Å². The van der Waals surface area contributed by atoms with Crippen molar-refractivity contribution in [2.75, 3.05) is 11.9 Å². The zero-order valence-electron chi connectivity index (χ0n) is 14.7. The monoisotopic (exact) mass is 382 g/mol. The molecule has 2 aromatic carbocycles. The summed E-state index contributed by atoms with van der Waals surface area (Å²) in [4.78, 5) is 25.1. The third kappa shape index (κ3) is 4.84. The topological polar surface area (TPSA) is 71.3 Å². The first-order valence-corrected chi connectivity index (χ1v) is 8.88. The number of benzene rings is 2. The lowest BCUT2D eigenvalue weighted by Crippen LogP contribution is -2.30. The van der Waals surface area contributed by atoms with E-state index in [0.29, 0.717) is 21.8 Å². The number of nitrogens with one attached hydrogen (secondary N) is 2. The van der Waals surface area contributed by atoms with Crippen molar-refractivity contribution in [2.24, 2.45) is 0 Å². The molecule has 0 aliphatic carbocycles. The van der Waals surface area contributed by atoms with Gasteiger partial charge in [-0.3, -0.25) is 14.9 Å². The summed E-state index contributed by atoms with van der Waals surface area (Å²) in [5.41, 5.74) is 1.30. The van der Waals surface area contributed by atoms with Crippen molar-refractivity contribution in [2.45, 2.75) is 13.0 Å². The summed E-state index contributed by atoms with van der Waals surface area (Å²) in [6.07, 6.45) is 1.59. The quantitative estimate of drug-likeness (QED) is 0.592.